The molecule has 0 aliphatic rings. The van der Waals surface area contributed by atoms with Crippen LogP contribution in [0.15, 0.2) is 45.8 Å². The Labute approximate surface area is 160 Å². The van der Waals surface area contributed by atoms with Crippen LogP contribution in [0, 0.1) is 6.92 Å². The van der Waals surface area contributed by atoms with Crippen LogP contribution in [0.5, 0.6) is 5.75 Å². The zero-order valence-corrected chi connectivity index (χ0v) is 15.9. The largest absolute Gasteiger partial charge is 0.505 e. The number of aryl methyl sites for hydroxylation is 2. The Balaban J connectivity index is 1.79. The molecular weight excluding hydrogens is 399 g/mol. The van der Waals surface area contributed by atoms with Gasteiger partial charge in [-0.2, -0.15) is 4.98 Å². The summed E-state index contributed by atoms with van der Waals surface area (Å²) in [6.07, 6.45) is -0.00920. The third kappa shape index (κ3) is 4.00. The minimum absolute atomic E-state index is 0.00920. The maximum Gasteiger partial charge on any atom is 0.227 e. The van der Waals surface area contributed by atoms with E-state index in [0.29, 0.717) is 5.82 Å². The molecule has 9 heteroatoms. The van der Waals surface area contributed by atoms with Crippen LogP contribution in [-0.4, -0.2) is 29.4 Å². The molecule has 0 radical (unpaired) electrons. The van der Waals surface area contributed by atoms with Gasteiger partial charge in [0.2, 0.25) is 11.7 Å². The fourth-order valence-corrected chi connectivity index (χ4v) is 4.36. The molecule has 1 heterocycles. The third-order valence-corrected chi connectivity index (χ3v) is 5.89. The normalized spacial score (nSPS) is 11.7. The van der Waals surface area contributed by atoms with Crippen molar-refractivity contribution in [2.24, 2.45) is 0 Å². The van der Waals surface area contributed by atoms with E-state index in [4.69, 9.17) is 27.7 Å². The van der Waals surface area contributed by atoms with Crippen LogP contribution >= 0.6 is 23.2 Å². The number of rotatable bonds is 5. The molecule has 3 aromatic rings. The van der Waals surface area contributed by atoms with Crippen molar-refractivity contribution in [3.63, 3.8) is 0 Å². The Hall–Kier alpha value is -2.09. The number of hydrogen-bond donors (Lipinski definition) is 1. The Morgan fingerprint density at radius 3 is 2.69 bits per heavy atom. The van der Waals surface area contributed by atoms with Crippen molar-refractivity contribution < 1.29 is 18.0 Å². The Bertz CT molecular complexity index is 1060. The number of aromatic hydroxyl groups is 1. The zero-order valence-electron chi connectivity index (χ0n) is 13.6. The highest BCUT2D eigenvalue weighted by atomic mass is 35.5. The molecule has 0 saturated carbocycles. The zero-order chi connectivity index (χ0) is 18.9. The molecule has 0 saturated heterocycles. The van der Waals surface area contributed by atoms with Crippen LogP contribution in [0.1, 0.15) is 11.5 Å². The van der Waals surface area contributed by atoms with Gasteiger partial charge in [-0.1, -0.05) is 52.1 Å². The summed E-state index contributed by atoms with van der Waals surface area (Å²) < 4.78 is 30.1. The first kappa shape index (κ1) is 18.7. The Kier molecular flexibility index (Phi) is 5.22. The lowest BCUT2D eigenvalue weighted by atomic mass is 10.1. The molecule has 136 valence electrons. The molecule has 6 nitrogen and oxygen atoms in total. The van der Waals surface area contributed by atoms with Crippen molar-refractivity contribution in [3.05, 3.63) is 57.9 Å². The second-order valence-electron chi connectivity index (χ2n) is 5.68. The van der Waals surface area contributed by atoms with E-state index in [1.165, 1.54) is 6.07 Å². The fraction of sp³-hybridized carbons (Fsp3) is 0.176. The Morgan fingerprint density at radius 2 is 1.96 bits per heavy atom. The number of benzene rings is 2. The number of aromatic nitrogens is 2. The van der Waals surface area contributed by atoms with Gasteiger partial charge in [-0.15, -0.1) is 0 Å². The summed E-state index contributed by atoms with van der Waals surface area (Å²) in [5.41, 5.74) is 1.83. The Morgan fingerprint density at radius 1 is 1.19 bits per heavy atom. The van der Waals surface area contributed by atoms with Crippen molar-refractivity contribution in [3.8, 4) is 17.1 Å². The lowest BCUT2D eigenvalue weighted by Gasteiger charge is -2.07. The second kappa shape index (κ2) is 7.26. The van der Waals surface area contributed by atoms with Gasteiger partial charge in [0.1, 0.15) is 4.90 Å². The summed E-state index contributed by atoms with van der Waals surface area (Å²) in [4.78, 5) is 3.89. The quantitative estimate of drug-likeness (QED) is 0.678. The van der Waals surface area contributed by atoms with Crippen molar-refractivity contribution in [2.75, 3.05) is 5.75 Å². The predicted octanol–water partition coefficient (Wildman–Crippen LogP) is 4.07. The molecule has 0 spiro atoms. The van der Waals surface area contributed by atoms with Gasteiger partial charge in [0.05, 0.1) is 10.8 Å². The highest BCUT2D eigenvalue weighted by Gasteiger charge is 2.23. The van der Waals surface area contributed by atoms with Crippen molar-refractivity contribution in [1.29, 1.82) is 0 Å². The van der Waals surface area contributed by atoms with Gasteiger partial charge in [0, 0.05) is 17.0 Å². The molecule has 1 aromatic heterocycles. The van der Waals surface area contributed by atoms with E-state index in [1.54, 1.807) is 0 Å². The lowest BCUT2D eigenvalue weighted by molar-refractivity contribution is 0.382. The van der Waals surface area contributed by atoms with Crippen LogP contribution < -0.4 is 0 Å². The van der Waals surface area contributed by atoms with E-state index in [-0.39, 0.29) is 33.0 Å². The van der Waals surface area contributed by atoms with Crippen LogP contribution in [0.2, 0.25) is 10.0 Å². The van der Waals surface area contributed by atoms with Gasteiger partial charge < -0.3 is 9.63 Å². The minimum Gasteiger partial charge on any atom is -0.505 e. The SMILES string of the molecule is Cc1cccc(-c2noc(CCS(=O)(=O)c3cc(Cl)cc(Cl)c3O)n2)c1. The van der Waals surface area contributed by atoms with Crippen molar-refractivity contribution >= 4 is 33.0 Å². The monoisotopic (exact) mass is 412 g/mol. The molecule has 0 bridgehead atoms. The van der Waals surface area contributed by atoms with E-state index in [1.807, 2.05) is 31.2 Å². The topological polar surface area (TPSA) is 93.3 Å². The molecular formula is C17H14Cl2N2O4S. The maximum atomic E-state index is 12.5. The number of phenols is 1. The van der Waals surface area contributed by atoms with Gasteiger partial charge in [-0.05, 0) is 25.1 Å². The van der Waals surface area contributed by atoms with Crippen LogP contribution in [0.4, 0.5) is 0 Å². The minimum atomic E-state index is -3.84. The first-order valence-corrected chi connectivity index (χ1v) is 9.97. The van der Waals surface area contributed by atoms with Gasteiger partial charge in [0.25, 0.3) is 0 Å². The maximum absolute atomic E-state index is 12.5. The summed E-state index contributed by atoms with van der Waals surface area (Å²) in [7, 11) is -3.84. The van der Waals surface area contributed by atoms with Crippen molar-refractivity contribution in [2.45, 2.75) is 18.2 Å². The highest BCUT2D eigenvalue weighted by molar-refractivity contribution is 7.91. The van der Waals surface area contributed by atoms with E-state index >= 15 is 0 Å². The first-order chi connectivity index (χ1) is 12.3. The molecule has 0 amide bonds. The van der Waals surface area contributed by atoms with Gasteiger partial charge >= 0.3 is 0 Å². The third-order valence-electron chi connectivity index (χ3n) is 3.66. The number of hydrogen-bond acceptors (Lipinski definition) is 6. The van der Waals surface area contributed by atoms with Crippen LogP contribution in [0.25, 0.3) is 11.4 Å². The number of phenolic OH excluding ortho intramolecular Hbond substituents is 1. The van der Waals surface area contributed by atoms with E-state index in [2.05, 4.69) is 10.1 Å². The summed E-state index contributed by atoms with van der Waals surface area (Å²) in [6, 6.07) is 9.98. The van der Waals surface area contributed by atoms with Crippen LogP contribution in [0.3, 0.4) is 0 Å². The molecule has 0 aliphatic heterocycles. The standard InChI is InChI=1S/C17H14Cl2N2O4S/c1-10-3-2-4-11(7-10)17-20-15(25-21-17)5-6-26(23,24)14-9-12(18)8-13(19)16(14)22/h2-4,7-9,22H,5-6H2,1H3. The smallest absolute Gasteiger partial charge is 0.227 e. The van der Waals surface area contributed by atoms with E-state index < -0.39 is 15.6 Å². The van der Waals surface area contributed by atoms with Gasteiger partial charge in [-0.25, -0.2) is 8.42 Å². The number of sulfone groups is 1. The first-order valence-electron chi connectivity index (χ1n) is 7.56. The number of nitrogens with zero attached hydrogens (tertiary/aromatic N) is 2. The average Bonchev–Trinajstić information content (AvgIpc) is 3.05. The summed E-state index contributed by atoms with van der Waals surface area (Å²) >= 11 is 11.6. The predicted molar refractivity (Wildman–Crippen MR) is 98.4 cm³/mol. The fourth-order valence-electron chi connectivity index (χ4n) is 2.37. The molecule has 0 fully saturated rings. The molecule has 26 heavy (non-hydrogen) atoms. The molecule has 0 unspecified atom stereocenters. The van der Waals surface area contributed by atoms with Crippen molar-refractivity contribution in [1.82, 2.24) is 10.1 Å². The summed E-state index contributed by atoms with van der Waals surface area (Å²) in [6.45, 7) is 1.94. The molecule has 2 aromatic carbocycles. The van der Waals surface area contributed by atoms with E-state index in [9.17, 15) is 13.5 Å². The summed E-state index contributed by atoms with van der Waals surface area (Å²) in [5.74, 6) is -0.304. The second-order valence-corrected chi connectivity index (χ2v) is 8.61. The highest BCUT2D eigenvalue weighted by Crippen LogP contribution is 2.34. The van der Waals surface area contributed by atoms with Gasteiger partial charge in [-0.3, -0.25) is 0 Å². The average molecular weight is 413 g/mol. The summed E-state index contributed by atoms with van der Waals surface area (Å²) in [5, 5.41) is 13.8. The number of halogens is 2. The molecule has 0 atom stereocenters. The van der Waals surface area contributed by atoms with E-state index in [0.717, 1.165) is 17.2 Å². The molecule has 0 aliphatic carbocycles. The lowest BCUT2D eigenvalue weighted by Crippen LogP contribution is -2.10. The molecule has 3 rings (SSSR count). The van der Waals surface area contributed by atoms with Gasteiger partial charge in [0.15, 0.2) is 15.6 Å². The molecule has 1 N–H and O–H groups in total. The van der Waals surface area contributed by atoms with Crippen LogP contribution in [-0.2, 0) is 16.3 Å².